The maximum atomic E-state index is 13.5. The van der Waals surface area contributed by atoms with Gasteiger partial charge >= 0.3 is 0 Å². The molecule has 0 saturated carbocycles. The van der Waals surface area contributed by atoms with Gasteiger partial charge in [0.2, 0.25) is 0 Å². The maximum Gasteiger partial charge on any atom is 0.276 e. The fourth-order valence-corrected chi connectivity index (χ4v) is 4.33. The van der Waals surface area contributed by atoms with Gasteiger partial charge in [0, 0.05) is 48.7 Å². The van der Waals surface area contributed by atoms with Crippen LogP contribution in [0.25, 0.3) is 16.9 Å². The molecule has 5 rings (SSSR count). The molecule has 6 heteroatoms. The van der Waals surface area contributed by atoms with E-state index < -0.39 is 0 Å². The van der Waals surface area contributed by atoms with Gasteiger partial charge in [0.1, 0.15) is 5.69 Å². The van der Waals surface area contributed by atoms with Gasteiger partial charge in [0.15, 0.2) is 5.65 Å². The predicted octanol–water partition coefficient (Wildman–Crippen LogP) is 3.97. The number of hydrogen-bond acceptors (Lipinski definition) is 4. The number of aromatic nitrogens is 4. The Morgan fingerprint density at radius 3 is 2.57 bits per heavy atom. The summed E-state index contributed by atoms with van der Waals surface area (Å²) in [5.41, 5.74) is 6.22. The molecule has 30 heavy (non-hydrogen) atoms. The molecule has 1 saturated heterocycles. The fraction of sp³-hybridized carbons (Fsp3) is 0.292. The minimum atomic E-state index is -0.0400. The third-order valence-electron chi connectivity index (χ3n) is 5.89. The van der Waals surface area contributed by atoms with Crippen molar-refractivity contribution in [3.8, 4) is 11.3 Å². The van der Waals surface area contributed by atoms with Crippen molar-refractivity contribution < 1.29 is 0 Å². The number of nitrogens with zero attached hydrogens (tertiary/aromatic N) is 4. The average Bonchev–Trinajstić information content (AvgIpc) is 3.18. The number of benzene rings is 1. The summed E-state index contributed by atoms with van der Waals surface area (Å²) >= 11 is 0. The lowest BCUT2D eigenvalue weighted by Gasteiger charge is -2.28. The van der Waals surface area contributed by atoms with Crippen LogP contribution in [0.5, 0.6) is 0 Å². The second kappa shape index (κ2) is 7.78. The van der Waals surface area contributed by atoms with Crippen LogP contribution in [0.1, 0.15) is 36.1 Å². The minimum absolute atomic E-state index is 0.0400. The van der Waals surface area contributed by atoms with Gasteiger partial charge in [0.05, 0.1) is 5.69 Å². The molecule has 3 aromatic heterocycles. The van der Waals surface area contributed by atoms with Gasteiger partial charge in [-0.2, -0.15) is 4.52 Å². The van der Waals surface area contributed by atoms with E-state index in [1.54, 1.807) is 16.9 Å². The number of aromatic amines is 1. The Kier molecular flexibility index (Phi) is 4.83. The molecular formula is C24H25N5O. The zero-order valence-corrected chi connectivity index (χ0v) is 17.1. The number of nitrogens with one attached hydrogen (secondary N) is 1. The molecule has 0 unspecified atom stereocenters. The van der Waals surface area contributed by atoms with E-state index in [2.05, 4.69) is 27.1 Å². The van der Waals surface area contributed by atoms with E-state index >= 15 is 0 Å². The summed E-state index contributed by atoms with van der Waals surface area (Å²) < 4.78 is 1.63. The van der Waals surface area contributed by atoms with Crippen LogP contribution in [0.3, 0.4) is 0 Å². The number of aryl methyl sites for hydroxylation is 1. The third-order valence-corrected chi connectivity index (χ3v) is 5.89. The molecule has 0 spiro atoms. The van der Waals surface area contributed by atoms with Crippen LogP contribution in [0, 0.1) is 6.92 Å². The summed E-state index contributed by atoms with van der Waals surface area (Å²) in [5.74, 6) is 0. The van der Waals surface area contributed by atoms with Crippen LogP contribution in [0.2, 0.25) is 0 Å². The number of pyridine rings is 1. The summed E-state index contributed by atoms with van der Waals surface area (Å²) in [4.78, 5) is 25.0. The van der Waals surface area contributed by atoms with Crippen LogP contribution >= 0.6 is 0 Å². The van der Waals surface area contributed by atoms with Crippen LogP contribution < -0.4 is 10.5 Å². The van der Waals surface area contributed by atoms with E-state index in [-0.39, 0.29) is 5.56 Å². The Balaban J connectivity index is 1.71. The Hall–Kier alpha value is -3.41. The average molecular weight is 399 g/mol. The van der Waals surface area contributed by atoms with Gasteiger partial charge in [-0.25, -0.2) is 4.98 Å². The summed E-state index contributed by atoms with van der Waals surface area (Å²) in [5, 5.41) is 3.38. The molecule has 1 aliphatic heterocycles. The number of anilines is 1. The van der Waals surface area contributed by atoms with Crippen molar-refractivity contribution in [1.29, 1.82) is 0 Å². The molecule has 0 amide bonds. The van der Waals surface area contributed by atoms with Gasteiger partial charge in [0.25, 0.3) is 5.56 Å². The van der Waals surface area contributed by atoms with E-state index in [0.29, 0.717) is 17.6 Å². The quantitative estimate of drug-likeness (QED) is 0.564. The molecule has 0 aliphatic carbocycles. The van der Waals surface area contributed by atoms with E-state index in [4.69, 9.17) is 4.98 Å². The zero-order chi connectivity index (χ0) is 20.5. The van der Waals surface area contributed by atoms with Gasteiger partial charge in [-0.05, 0) is 37.8 Å². The maximum absolute atomic E-state index is 13.5. The van der Waals surface area contributed by atoms with E-state index in [1.165, 1.54) is 6.42 Å². The first-order valence-corrected chi connectivity index (χ1v) is 10.6. The first-order valence-electron chi connectivity index (χ1n) is 10.6. The molecule has 1 aromatic carbocycles. The molecule has 1 N–H and O–H groups in total. The van der Waals surface area contributed by atoms with Crippen molar-refractivity contribution in [1.82, 2.24) is 19.6 Å². The highest BCUT2D eigenvalue weighted by molar-refractivity contribution is 5.86. The number of fused-ring (bicyclic) bond motifs is 1. The number of hydrogen-bond donors (Lipinski definition) is 1. The monoisotopic (exact) mass is 399 g/mol. The number of piperidine rings is 1. The molecule has 0 atom stereocenters. The Labute approximate surface area is 175 Å². The summed E-state index contributed by atoms with van der Waals surface area (Å²) in [6, 6.07) is 14.1. The van der Waals surface area contributed by atoms with Crippen molar-refractivity contribution in [2.45, 2.75) is 32.6 Å². The topological polar surface area (TPSA) is 66.3 Å². The smallest absolute Gasteiger partial charge is 0.276 e. The van der Waals surface area contributed by atoms with E-state index in [1.807, 2.05) is 37.3 Å². The number of H-pyrrole nitrogens is 1. The molecule has 1 fully saturated rings. The second-order valence-electron chi connectivity index (χ2n) is 7.93. The van der Waals surface area contributed by atoms with Crippen molar-refractivity contribution in [2.75, 3.05) is 18.0 Å². The summed E-state index contributed by atoms with van der Waals surface area (Å²) in [6.45, 7) is 3.90. The van der Waals surface area contributed by atoms with Gasteiger partial charge in [-0.15, -0.1) is 0 Å². The molecule has 6 nitrogen and oxygen atoms in total. The third kappa shape index (κ3) is 3.28. The fourth-order valence-electron chi connectivity index (χ4n) is 4.33. The van der Waals surface area contributed by atoms with Crippen molar-refractivity contribution in [3.05, 3.63) is 82.0 Å². The first-order chi connectivity index (χ1) is 14.7. The lowest BCUT2D eigenvalue weighted by Crippen LogP contribution is -2.30. The Bertz CT molecular complexity index is 1220. The lowest BCUT2D eigenvalue weighted by molar-refractivity contribution is 0.579. The largest absolute Gasteiger partial charge is 0.367 e. The van der Waals surface area contributed by atoms with Crippen molar-refractivity contribution in [3.63, 3.8) is 0 Å². The first kappa shape index (κ1) is 18.6. The standard InChI is InChI=1S/C24H25N5O/c1-17-20(15-18-9-8-12-25-16-18)24(30)29-23(26-17)22(28-13-6-3-7-14-28)21(27-29)19-10-4-2-5-11-19/h2,4-5,8-12,16,27H,3,6-7,13-15H2,1H3. The molecule has 0 bridgehead atoms. The van der Waals surface area contributed by atoms with Crippen molar-refractivity contribution >= 4 is 11.3 Å². The Morgan fingerprint density at radius 1 is 1.03 bits per heavy atom. The minimum Gasteiger partial charge on any atom is -0.367 e. The molecule has 152 valence electrons. The normalized spacial score (nSPS) is 14.4. The number of rotatable bonds is 4. The molecular weight excluding hydrogens is 374 g/mol. The predicted molar refractivity (Wildman–Crippen MR) is 119 cm³/mol. The summed E-state index contributed by atoms with van der Waals surface area (Å²) in [6.07, 6.45) is 7.64. The molecule has 4 heterocycles. The van der Waals surface area contributed by atoms with Crippen LogP contribution in [-0.2, 0) is 6.42 Å². The highest BCUT2D eigenvalue weighted by atomic mass is 16.1. The van der Waals surface area contributed by atoms with E-state index in [9.17, 15) is 4.79 Å². The van der Waals surface area contributed by atoms with Gasteiger partial charge in [-0.3, -0.25) is 14.9 Å². The van der Waals surface area contributed by atoms with Crippen LogP contribution in [-0.4, -0.2) is 32.7 Å². The van der Waals surface area contributed by atoms with Gasteiger partial charge in [-0.1, -0.05) is 36.4 Å². The zero-order valence-electron chi connectivity index (χ0n) is 17.1. The SMILES string of the molecule is Cc1nc2c(N3CCCCC3)c(-c3ccccc3)[nH]n2c(=O)c1Cc1cccnc1. The highest BCUT2D eigenvalue weighted by Crippen LogP contribution is 2.34. The Morgan fingerprint density at radius 2 is 1.83 bits per heavy atom. The second-order valence-corrected chi connectivity index (χ2v) is 7.93. The summed E-state index contributed by atoms with van der Waals surface area (Å²) in [7, 11) is 0. The van der Waals surface area contributed by atoms with Crippen LogP contribution in [0.4, 0.5) is 5.69 Å². The lowest BCUT2D eigenvalue weighted by atomic mass is 10.1. The molecule has 1 aliphatic rings. The molecule has 0 radical (unpaired) electrons. The molecule has 4 aromatic rings. The highest BCUT2D eigenvalue weighted by Gasteiger charge is 2.24. The van der Waals surface area contributed by atoms with Gasteiger partial charge < -0.3 is 4.90 Å². The van der Waals surface area contributed by atoms with E-state index in [0.717, 1.165) is 54.1 Å². The van der Waals surface area contributed by atoms with Crippen LogP contribution in [0.15, 0.2) is 59.7 Å². The van der Waals surface area contributed by atoms with Crippen molar-refractivity contribution in [2.24, 2.45) is 0 Å².